The zero-order valence-corrected chi connectivity index (χ0v) is 8.52. The molecule has 0 saturated heterocycles. The summed E-state index contributed by atoms with van der Waals surface area (Å²) in [6.45, 7) is 0. The molecule has 0 N–H and O–H groups in total. The molecule has 13 heavy (non-hydrogen) atoms. The maximum atomic E-state index is 10.3. The Morgan fingerprint density at radius 1 is 1.38 bits per heavy atom. The molecule has 1 nitrogen and oxygen atoms in total. The van der Waals surface area contributed by atoms with E-state index in [2.05, 4.69) is 0 Å². The van der Waals surface area contributed by atoms with Crippen LogP contribution in [0.25, 0.3) is 0 Å². The van der Waals surface area contributed by atoms with Crippen molar-refractivity contribution in [3.8, 4) is 0 Å². The number of carbonyl (C=O) groups excluding carboxylic acids is 1. The van der Waals surface area contributed by atoms with Crippen molar-refractivity contribution in [2.75, 3.05) is 0 Å². The molecule has 0 aliphatic rings. The minimum Gasteiger partial charge on any atom is -0.276 e. The van der Waals surface area contributed by atoms with E-state index in [4.69, 9.17) is 11.6 Å². The van der Waals surface area contributed by atoms with E-state index in [0.717, 1.165) is 5.75 Å². The smallest absolute Gasteiger partial charge is 0.245 e. The van der Waals surface area contributed by atoms with Gasteiger partial charge in [-0.25, -0.2) is 0 Å². The molecule has 68 valence electrons. The summed E-state index contributed by atoms with van der Waals surface area (Å²) in [6.07, 6.45) is 1.36. The van der Waals surface area contributed by atoms with E-state index in [0.29, 0.717) is 0 Å². The van der Waals surface area contributed by atoms with Gasteiger partial charge in [-0.15, -0.1) is 11.8 Å². The van der Waals surface area contributed by atoms with E-state index in [1.807, 2.05) is 30.3 Å². The number of benzene rings is 1. The van der Waals surface area contributed by atoms with Crippen molar-refractivity contribution in [2.45, 2.75) is 5.75 Å². The molecule has 0 amide bonds. The van der Waals surface area contributed by atoms with Gasteiger partial charge in [0.2, 0.25) is 5.24 Å². The molecule has 0 atom stereocenters. The van der Waals surface area contributed by atoms with Crippen molar-refractivity contribution < 1.29 is 4.79 Å². The van der Waals surface area contributed by atoms with Gasteiger partial charge in [0, 0.05) is 11.8 Å². The zero-order valence-electron chi connectivity index (χ0n) is 6.94. The number of thioether (sulfide) groups is 1. The van der Waals surface area contributed by atoms with Crippen LogP contribution in [0, 0.1) is 0 Å². The Kier molecular flexibility index (Phi) is 4.65. The van der Waals surface area contributed by atoms with Gasteiger partial charge >= 0.3 is 0 Å². The molecule has 1 rings (SSSR count). The molecule has 0 fully saturated rings. The number of rotatable bonds is 4. The van der Waals surface area contributed by atoms with Crippen LogP contribution in [-0.4, -0.2) is 5.24 Å². The predicted octanol–water partition coefficient (Wildman–Crippen LogP) is 3.20. The van der Waals surface area contributed by atoms with Crippen molar-refractivity contribution in [1.29, 1.82) is 0 Å². The van der Waals surface area contributed by atoms with Gasteiger partial charge in [-0.05, 0) is 22.6 Å². The van der Waals surface area contributed by atoms with Gasteiger partial charge in [-0.3, -0.25) is 4.79 Å². The van der Waals surface area contributed by atoms with Crippen LogP contribution in [0.5, 0.6) is 0 Å². The van der Waals surface area contributed by atoms with Gasteiger partial charge in [0.25, 0.3) is 0 Å². The van der Waals surface area contributed by atoms with E-state index in [1.165, 1.54) is 11.6 Å². The SMILES string of the molecule is O=C(Cl)/C=C\SCc1ccccc1. The van der Waals surface area contributed by atoms with Gasteiger partial charge in [-0.1, -0.05) is 30.3 Å². The summed E-state index contributed by atoms with van der Waals surface area (Å²) in [4.78, 5) is 10.3. The Bertz CT molecular complexity index is 295. The fourth-order valence-electron chi connectivity index (χ4n) is 0.820. The normalized spacial score (nSPS) is 10.5. The average molecular weight is 213 g/mol. The molecule has 0 heterocycles. The van der Waals surface area contributed by atoms with Crippen LogP contribution in [0.4, 0.5) is 0 Å². The molecule has 0 aliphatic carbocycles. The minimum absolute atomic E-state index is 0.430. The van der Waals surface area contributed by atoms with Gasteiger partial charge in [0.05, 0.1) is 0 Å². The fraction of sp³-hybridized carbons (Fsp3) is 0.100. The maximum absolute atomic E-state index is 10.3. The molecular weight excluding hydrogens is 204 g/mol. The van der Waals surface area contributed by atoms with E-state index < -0.39 is 5.24 Å². The van der Waals surface area contributed by atoms with Crippen LogP contribution >= 0.6 is 23.4 Å². The average Bonchev–Trinajstić information content (AvgIpc) is 2.14. The Labute approximate surface area is 86.8 Å². The van der Waals surface area contributed by atoms with Crippen LogP contribution in [0.1, 0.15) is 5.56 Å². The van der Waals surface area contributed by atoms with Gasteiger partial charge in [-0.2, -0.15) is 0 Å². The molecule has 1 aromatic carbocycles. The lowest BCUT2D eigenvalue weighted by atomic mass is 10.2. The molecular formula is C10H9ClOS. The second-order valence-electron chi connectivity index (χ2n) is 2.40. The molecule has 0 aromatic heterocycles. The maximum Gasteiger partial charge on any atom is 0.245 e. The van der Waals surface area contributed by atoms with Crippen LogP contribution in [0.3, 0.4) is 0 Å². The lowest BCUT2D eigenvalue weighted by Crippen LogP contribution is -1.77. The summed E-state index contributed by atoms with van der Waals surface area (Å²) >= 11 is 6.67. The molecule has 3 heteroatoms. The topological polar surface area (TPSA) is 17.1 Å². The van der Waals surface area contributed by atoms with Crippen LogP contribution in [-0.2, 0) is 10.5 Å². The first-order valence-corrected chi connectivity index (χ1v) is 5.23. The third-order valence-corrected chi connectivity index (χ3v) is 2.34. The molecule has 0 unspecified atom stereocenters. The summed E-state index contributed by atoms with van der Waals surface area (Å²) in [5.41, 5.74) is 1.24. The van der Waals surface area contributed by atoms with Crippen LogP contribution in [0.15, 0.2) is 41.8 Å². The van der Waals surface area contributed by atoms with Crippen LogP contribution < -0.4 is 0 Å². The Morgan fingerprint density at radius 3 is 2.69 bits per heavy atom. The molecule has 1 aromatic rings. The second-order valence-corrected chi connectivity index (χ2v) is 3.67. The first-order chi connectivity index (χ1) is 6.29. The zero-order chi connectivity index (χ0) is 9.52. The second kappa shape index (κ2) is 5.84. The van der Waals surface area contributed by atoms with E-state index in [-0.39, 0.29) is 0 Å². The molecule has 0 saturated carbocycles. The number of allylic oxidation sites excluding steroid dienone is 1. The lowest BCUT2D eigenvalue weighted by Gasteiger charge is -1.95. The summed E-state index contributed by atoms with van der Waals surface area (Å²) in [5, 5.41) is 1.28. The van der Waals surface area contributed by atoms with Crippen molar-refractivity contribution >= 4 is 28.6 Å². The van der Waals surface area contributed by atoms with Gasteiger partial charge in [0.1, 0.15) is 0 Å². The molecule has 0 aliphatic heterocycles. The van der Waals surface area contributed by atoms with Crippen molar-refractivity contribution in [3.63, 3.8) is 0 Å². The third-order valence-electron chi connectivity index (χ3n) is 1.39. The third kappa shape index (κ3) is 4.76. The van der Waals surface area contributed by atoms with Gasteiger partial charge < -0.3 is 0 Å². The van der Waals surface area contributed by atoms with E-state index in [1.54, 1.807) is 17.2 Å². The number of carbonyl (C=O) groups is 1. The molecule has 0 radical (unpaired) electrons. The number of halogens is 1. The highest BCUT2D eigenvalue weighted by molar-refractivity contribution is 8.01. The molecule has 0 bridgehead atoms. The van der Waals surface area contributed by atoms with Crippen molar-refractivity contribution in [3.05, 3.63) is 47.4 Å². The summed E-state index contributed by atoms with van der Waals surface area (Å²) < 4.78 is 0. The number of hydrogen-bond acceptors (Lipinski definition) is 2. The lowest BCUT2D eigenvalue weighted by molar-refractivity contribution is -0.107. The Morgan fingerprint density at radius 2 is 2.08 bits per heavy atom. The largest absolute Gasteiger partial charge is 0.276 e. The van der Waals surface area contributed by atoms with E-state index in [9.17, 15) is 4.79 Å². The summed E-state index contributed by atoms with van der Waals surface area (Å²) in [6, 6.07) is 10.1. The monoisotopic (exact) mass is 212 g/mol. The molecule has 0 spiro atoms. The van der Waals surface area contributed by atoms with Crippen molar-refractivity contribution in [2.24, 2.45) is 0 Å². The predicted molar refractivity (Wildman–Crippen MR) is 57.7 cm³/mol. The quantitative estimate of drug-likeness (QED) is 0.563. The Hall–Kier alpha value is -0.730. The minimum atomic E-state index is -0.430. The van der Waals surface area contributed by atoms with Gasteiger partial charge in [0.15, 0.2) is 0 Å². The van der Waals surface area contributed by atoms with Crippen molar-refractivity contribution in [1.82, 2.24) is 0 Å². The summed E-state index contributed by atoms with van der Waals surface area (Å²) in [7, 11) is 0. The van der Waals surface area contributed by atoms with E-state index >= 15 is 0 Å². The standard InChI is InChI=1S/C10H9ClOS/c11-10(12)6-7-13-8-9-4-2-1-3-5-9/h1-7H,8H2/b7-6-. The first kappa shape index (κ1) is 10.4. The van der Waals surface area contributed by atoms with Crippen LogP contribution in [0.2, 0.25) is 0 Å². The number of hydrogen-bond donors (Lipinski definition) is 0. The Balaban J connectivity index is 2.32. The first-order valence-electron chi connectivity index (χ1n) is 3.80. The fourth-order valence-corrected chi connectivity index (χ4v) is 1.66. The highest BCUT2D eigenvalue weighted by atomic mass is 35.5. The highest BCUT2D eigenvalue weighted by Gasteiger charge is 1.89. The highest BCUT2D eigenvalue weighted by Crippen LogP contribution is 2.12. The summed E-state index contributed by atoms with van der Waals surface area (Å²) in [5.74, 6) is 0.863.